The van der Waals surface area contributed by atoms with Gasteiger partial charge in [-0.25, -0.2) is 9.37 Å². The number of nitrogens with zero attached hydrogens (tertiary/aromatic N) is 7. The molecule has 2 atom stereocenters. The Labute approximate surface area is 180 Å². The molecule has 2 heterocycles. The summed E-state index contributed by atoms with van der Waals surface area (Å²) in [4.78, 5) is 22.6. The number of pyridine rings is 1. The first-order chi connectivity index (χ1) is 15.1. The minimum atomic E-state index is -4.81. The first-order valence-corrected chi connectivity index (χ1v) is 9.41. The van der Waals surface area contributed by atoms with Crippen LogP contribution in [0.5, 0.6) is 0 Å². The molecule has 0 saturated carbocycles. The highest BCUT2D eigenvalue weighted by molar-refractivity contribution is 5.99. The molecule has 0 unspecified atom stereocenters. The lowest BCUT2D eigenvalue weighted by Gasteiger charge is -2.31. The van der Waals surface area contributed by atoms with Crippen LogP contribution in [0.4, 0.5) is 29.1 Å². The van der Waals surface area contributed by atoms with Crippen LogP contribution in [0.1, 0.15) is 23.2 Å². The Morgan fingerprint density at radius 3 is 2.72 bits per heavy atom. The van der Waals surface area contributed by atoms with Gasteiger partial charge in [0.05, 0.1) is 11.6 Å². The maximum atomic E-state index is 13.6. The molecule has 1 fully saturated rings. The molecule has 1 aliphatic heterocycles. The number of hydrogen-bond donors (Lipinski definition) is 0. The Hall–Kier alpha value is -3.84. The summed E-state index contributed by atoms with van der Waals surface area (Å²) in [6, 6.07) is 5.35. The number of rotatable bonds is 4. The molecule has 1 amide bonds. The van der Waals surface area contributed by atoms with Crippen LogP contribution in [0.2, 0.25) is 0 Å². The number of amides is 1. The van der Waals surface area contributed by atoms with Crippen molar-refractivity contribution >= 4 is 17.4 Å². The van der Waals surface area contributed by atoms with Gasteiger partial charge in [-0.15, -0.1) is 0 Å². The molecule has 3 rings (SSSR count). The number of benzene rings is 1. The van der Waals surface area contributed by atoms with Crippen LogP contribution in [0.15, 0.2) is 35.4 Å². The number of likely N-dealkylation sites (N-methyl/N-ethyl adjacent to an activating group) is 1. The molecule has 0 bridgehead atoms. The number of halogens is 4. The van der Waals surface area contributed by atoms with Crippen molar-refractivity contribution in [1.82, 2.24) is 4.98 Å². The van der Waals surface area contributed by atoms with Crippen LogP contribution in [0, 0.1) is 24.1 Å². The Bertz CT molecular complexity index is 1140. The van der Waals surface area contributed by atoms with Crippen LogP contribution in [-0.2, 0) is 11.0 Å². The summed E-state index contributed by atoms with van der Waals surface area (Å²) in [6.45, 7) is 1.37. The highest BCUT2D eigenvalue weighted by Crippen LogP contribution is 2.38. The van der Waals surface area contributed by atoms with E-state index >= 15 is 0 Å². The van der Waals surface area contributed by atoms with Crippen LogP contribution < -0.4 is 9.80 Å². The van der Waals surface area contributed by atoms with E-state index in [-0.39, 0.29) is 30.2 Å². The normalized spacial score (nSPS) is 18.1. The average Bonchev–Trinajstić information content (AvgIpc) is 3.15. The zero-order chi connectivity index (χ0) is 23.6. The molecule has 0 aliphatic carbocycles. The first-order valence-electron chi connectivity index (χ1n) is 9.41. The molecule has 0 radical (unpaired) electrons. The first kappa shape index (κ1) is 22.8. The molecule has 166 valence electrons. The van der Waals surface area contributed by atoms with E-state index in [0.717, 1.165) is 17.0 Å². The molecule has 1 aromatic heterocycles. The minimum absolute atomic E-state index is 0.00300. The summed E-state index contributed by atoms with van der Waals surface area (Å²) in [5.74, 6) is -1.55. The Morgan fingerprint density at radius 2 is 2.12 bits per heavy atom. The van der Waals surface area contributed by atoms with Crippen molar-refractivity contribution in [3.63, 3.8) is 0 Å². The average molecular weight is 447 g/mol. The van der Waals surface area contributed by atoms with Gasteiger partial charge in [0.1, 0.15) is 29.3 Å². The number of carbonyl (C=O) groups is 1. The third-order valence-electron chi connectivity index (χ3n) is 5.16. The third-order valence-corrected chi connectivity index (χ3v) is 5.16. The Balaban J connectivity index is 2.12. The SMILES string of the molecule is Cc1cc(C(F)(F)F)c(C#N)c(N2CC[C@@H](N=[N+]=[N-])[C@H]2C(=O)N(C)c2cccc(F)c2)n1. The molecular formula is C20H17F4N7O. The molecule has 2 aromatic rings. The summed E-state index contributed by atoms with van der Waals surface area (Å²) in [5, 5.41) is 13.1. The number of nitriles is 1. The van der Waals surface area contributed by atoms with E-state index in [1.807, 2.05) is 0 Å². The number of aryl methyl sites for hydroxylation is 1. The predicted molar refractivity (Wildman–Crippen MR) is 107 cm³/mol. The van der Waals surface area contributed by atoms with E-state index in [4.69, 9.17) is 5.53 Å². The second-order valence-electron chi connectivity index (χ2n) is 7.20. The largest absolute Gasteiger partial charge is 0.417 e. The quantitative estimate of drug-likeness (QED) is 0.301. The maximum absolute atomic E-state index is 13.6. The van der Waals surface area contributed by atoms with E-state index in [1.165, 1.54) is 37.1 Å². The van der Waals surface area contributed by atoms with Gasteiger partial charge in [0.2, 0.25) is 5.91 Å². The van der Waals surface area contributed by atoms with Crippen LogP contribution in [0.3, 0.4) is 0 Å². The Morgan fingerprint density at radius 1 is 1.41 bits per heavy atom. The number of azide groups is 1. The maximum Gasteiger partial charge on any atom is 0.417 e. The van der Waals surface area contributed by atoms with Crippen molar-refractivity contribution in [3.05, 3.63) is 63.4 Å². The molecule has 8 nitrogen and oxygen atoms in total. The smallest absolute Gasteiger partial charge is 0.343 e. The lowest BCUT2D eigenvalue weighted by molar-refractivity contribution is -0.137. The molecule has 1 saturated heterocycles. The van der Waals surface area contributed by atoms with Crippen LogP contribution >= 0.6 is 0 Å². The number of hydrogen-bond acceptors (Lipinski definition) is 5. The topological polar surface area (TPSA) is 109 Å². The van der Waals surface area contributed by atoms with Gasteiger partial charge < -0.3 is 9.80 Å². The molecular weight excluding hydrogens is 430 g/mol. The van der Waals surface area contributed by atoms with Gasteiger partial charge in [-0.2, -0.15) is 18.4 Å². The van der Waals surface area contributed by atoms with Gasteiger partial charge in [0, 0.05) is 29.9 Å². The standard InChI is InChI=1S/C20H17F4N7O/c1-11-8-15(20(22,23)24)14(10-25)18(27-11)31-7-6-16(28-29-26)17(31)19(32)30(2)13-5-3-4-12(21)9-13/h3-5,8-9,16-17H,6-7H2,1-2H3/t16-,17+/m1/s1. The van der Waals surface area contributed by atoms with Crippen LogP contribution in [-0.4, -0.2) is 36.6 Å². The zero-order valence-electron chi connectivity index (χ0n) is 17.0. The summed E-state index contributed by atoms with van der Waals surface area (Å²) in [7, 11) is 1.37. The second-order valence-corrected chi connectivity index (χ2v) is 7.20. The lowest BCUT2D eigenvalue weighted by atomic mass is 10.1. The fourth-order valence-corrected chi connectivity index (χ4v) is 3.71. The monoisotopic (exact) mass is 447 g/mol. The summed E-state index contributed by atoms with van der Waals surface area (Å²) < 4.78 is 54.3. The third kappa shape index (κ3) is 4.29. The van der Waals surface area contributed by atoms with Crippen LogP contribution in [0.25, 0.3) is 10.4 Å². The van der Waals surface area contributed by atoms with E-state index in [2.05, 4.69) is 15.0 Å². The van der Waals surface area contributed by atoms with Gasteiger partial charge in [-0.1, -0.05) is 11.2 Å². The predicted octanol–water partition coefficient (Wildman–Crippen LogP) is 4.34. The second kappa shape index (κ2) is 8.72. The van der Waals surface area contributed by atoms with Crippen molar-refractivity contribution in [3.8, 4) is 6.07 Å². The molecule has 1 aliphatic rings. The lowest BCUT2D eigenvalue weighted by Crippen LogP contribution is -2.49. The minimum Gasteiger partial charge on any atom is -0.343 e. The molecule has 12 heteroatoms. The molecule has 1 aromatic carbocycles. The van der Waals surface area contributed by atoms with E-state index in [9.17, 15) is 27.6 Å². The summed E-state index contributed by atoms with van der Waals surface area (Å²) in [5.41, 5.74) is 7.23. The highest BCUT2D eigenvalue weighted by Gasteiger charge is 2.44. The van der Waals surface area contributed by atoms with E-state index in [0.29, 0.717) is 0 Å². The van der Waals surface area contributed by atoms with Crippen molar-refractivity contribution in [2.45, 2.75) is 31.6 Å². The van der Waals surface area contributed by atoms with Gasteiger partial charge in [0.15, 0.2) is 0 Å². The fourth-order valence-electron chi connectivity index (χ4n) is 3.71. The van der Waals surface area contributed by atoms with Gasteiger partial charge in [-0.3, -0.25) is 4.79 Å². The van der Waals surface area contributed by atoms with Gasteiger partial charge >= 0.3 is 6.18 Å². The zero-order valence-corrected chi connectivity index (χ0v) is 17.0. The molecule has 32 heavy (non-hydrogen) atoms. The molecule has 0 N–H and O–H groups in total. The number of carbonyl (C=O) groups excluding carboxylic acids is 1. The molecule has 0 spiro atoms. The number of anilines is 2. The fraction of sp³-hybridized carbons (Fsp3) is 0.350. The van der Waals surface area contributed by atoms with E-state index in [1.54, 1.807) is 6.07 Å². The number of aromatic nitrogens is 1. The van der Waals surface area contributed by atoms with E-state index < -0.39 is 41.1 Å². The number of alkyl halides is 3. The summed E-state index contributed by atoms with van der Waals surface area (Å²) >= 11 is 0. The van der Waals surface area contributed by atoms with Crippen molar-refractivity contribution < 1.29 is 22.4 Å². The highest BCUT2D eigenvalue weighted by atomic mass is 19.4. The Kier molecular flexibility index (Phi) is 6.23. The van der Waals surface area contributed by atoms with Crippen molar-refractivity contribution in [1.29, 1.82) is 5.26 Å². The van der Waals surface area contributed by atoms with Gasteiger partial charge in [0.25, 0.3) is 0 Å². The van der Waals surface area contributed by atoms with Crippen molar-refractivity contribution in [2.24, 2.45) is 5.11 Å². The summed E-state index contributed by atoms with van der Waals surface area (Å²) in [6.07, 6.45) is -4.66. The van der Waals surface area contributed by atoms with Crippen molar-refractivity contribution in [2.75, 3.05) is 23.4 Å². The van der Waals surface area contributed by atoms with Gasteiger partial charge in [-0.05, 0) is 43.1 Å².